The van der Waals surface area contributed by atoms with Crippen LogP contribution < -0.4 is 10.0 Å². The summed E-state index contributed by atoms with van der Waals surface area (Å²) in [4.78, 5) is 24.0. The first-order valence-electron chi connectivity index (χ1n) is 8.30. The van der Waals surface area contributed by atoms with Crippen LogP contribution in [0.3, 0.4) is 0 Å². The fraction of sp³-hybridized carbons (Fsp3) is 0.529. The van der Waals surface area contributed by atoms with Gasteiger partial charge in [-0.25, -0.2) is 17.9 Å². The Morgan fingerprint density at radius 1 is 1.16 bits per heavy atom. The predicted octanol–water partition coefficient (Wildman–Crippen LogP) is 2.11. The first-order valence-corrected chi connectivity index (χ1v) is 9.84. The van der Waals surface area contributed by atoms with Crippen LogP contribution in [-0.4, -0.2) is 32.8 Å². The number of hydrogen-bond donors (Lipinski definition) is 2. The number of methoxy groups -OCH3 is 1. The maximum atomic E-state index is 12.6. The summed E-state index contributed by atoms with van der Waals surface area (Å²) in [6.45, 7) is 1.76. The van der Waals surface area contributed by atoms with Crippen molar-refractivity contribution >= 4 is 22.0 Å². The van der Waals surface area contributed by atoms with Gasteiger partial charge in [-0.2, -0.15) is 0 Å². The van der Waals surface area contributed by atoms with Crippen molar-refractivity contribution in [2.24, 2.45) is 5.92 Å². The summed E-state index contributed by atoms with van der Waals surface area (Å²) in [5.41, 5.74) is 0.861. The maximum Gasteiger partial charge on any atom is 0.328 e. The number of rotatable bonds is 5. The Labute approximate surface area is 148 Å². The molecule has 2 N–H and O–H groups in total. The molecule has 0 saturated heterocycles. The van der Waals surface area contributed by atoms with Crippen LogP contribution in [0.25, 0.3) is 0 Å². The van der Waals surface area contributed by atoms with E-state index >= 15 is 0 Å². The van der Waals surface area contributed by atoms with E-state index in [4.69, 9.17) is 4.74 Å². The number of carbonyl (C=O) groups excluding carboxylic acids is 2. The van der Waals surface area contributed by atoms with E-state index in [9.17, 15) is 18.0 Å². The van der Waals surface area contributed by atoms with Crippen molar-refractivity contribution in [2.45, 2.75) is 43.9 Å². The lowest BCUT2D eigenvalue weighted by Gasteiger charge is -2.29. The summed E-state index contributed by atoms with van der Waals surface area (Å²) in [5, 5.41) is 1.65. The second-order valence-corrected chi connectivity index (χ2v) is 8.11. The average Bonchev–Trinajstić information content (AvgIpc) is 2.61. The zero-order chi connectivity index (χ0) is 18.4. The predicted molar refractivity (Wildman–Crippen MR) is 93.2 cm³/mol. The van der Waals surface area contributed by atoms with Gasteiger partial charge in [-0.1, -0.05) is 43.2 Å². The van der Waals surface area contributed by atoms with E-state index in [1.165, 1.54) is 7.11 Å². The summed E-state index contributed by atoms with van der Waals surface area (Å²) in [6, 6.07) is 8.07. The molecule has 0 aromatic heterocycles. The Kier molecular flexibility index (Phi) is 6.41. The van der Waals surface area contributed by atoms with Crippen LogP contribution in [0.1, 0.15) is 44.2 Å². The highest BCUT2D eigenvalue weighted by Crippen LogP contribution is 2.30. The van der Waals surface area contributed by atoms with Crippen LogP contribution >= 0.6 is 0 Å². The monoisotopic (exact) mass is 368 g/mol. The van der Waals surface area contributed by atoms with Gasteiger partial charge in [0.15, 0.2) is 0 Å². The van der Waals surface area contributed by atoms with Gasteiger partial charge in [0.25, 0.3) is 0 Å². The van der Waals surface area contributed by atoms with Gasteiger partial charge in [-0.05, 0) is 25.3 Å². The number of esters is 1. The van der Waals surface area contributed by atoms with Crippen LogP contribution in [-0.2, 0) is 19.6 Å². The third-order valence-corrected chi connectivity index (χ3v) is 6.32. The molecule has 1 aromatic carbocycles. The molecule has 138 valence electrons. The first-order chi connectivity index (χ1) is 11.8. The molecule has 1 saturated carbocycles. The molecule has 1 aliphatic carbocycles. The van der Waals surface area contributed by atoms with E-state index in [1.54, 1.807) is 6.92 Å². The summed E-state index contributed by atoms with van der Waals surface area (Å²) in [6.07, 6.45) is 2.24. The van der Waals surface area contributed by atoms with Crippen molar-refractivity contribution in [1.29, 1.82) is 0 Å². The van der Waals surface area contributed by atoms with E-state index in [0.717, 1.165) is 12.0 Å². The smallest absolute Gasteiger partial charge is 0.328 e. The van der Waals surface area contributed by atoms with E-state index < -0.39 is 33.2 Å². The molecule has 25 heavy (non-hydrogen) atoms. The number of hydrogen-bond acceptors (Lipinski definition) is 5. The molecule has 8 heteroatoms. The lowest BCUT2D eigenvalue weighted by Crippen LogP contribution is -2.49. The van der Waals surface area contributed by atoms with Gasteiger partial charge in [0, 0.05) is 0 Å². The Morgan fingerprint density at radius 2 is 1.80 bits per heavy atom. The first kappa shape index (κ1) is 19.2. The zero-order valence-corrected chi connectivity index (χ0v) is 15.2. The molecule has 0 radical (unpaired) electrons. The summed E-state index contributed by atoms with van der Waals surface area (Å²) >= 11 is 0. The standard InChI is InChI=1S/C17H24N2O5S/c1-12(13-8-4-3-5-9-13)18-17(21)19-25(22,23)15-11-7-6-10-14(15)16(20)24-2/h3-5,8-9,12,14-15H,6-7,10-11H2,1-2H3,(H2,18,19,21). The summed E-state index contributed by atoms with van der Waals surface area (Å²) < 4.78 is 31.9. The van der Waals surface area contributed by atoms with E-state index in [0.29, 0.717) is 19.3 Å². The van der Waals surface area contributed by atoms with E-state index in [1.807, 2.05) is 35.1 Å². The van der Waals surface area contributed by atoms with Crippen LogP contribution in [0.15, 0.2) is 30.3 Å². The van der Waals surface area contributed by atoms with E-state index in [2.05, 4.69) is 5.32 Å². The molecule has 3 unspecified atom stereocenters. The molecule has 2 rings (SSSR count). The second kappa shape index (κ2) is 8.33. The van der Waals surface area contributed by atoms with Crippen LogP contribution in [0.2, 0.25) is 0 Å². The maximum absolute atomic E-state index is 12.6. The highest BCUT2D eigenvalue weighted by molar-refractivity contribution is 7.90. The van der Waals surface area contributed by atoms with Gasteiger partial charge in [-0.3, -0.25) is 4.79 Å². The SMILES string of the molecule is COC(=O)C1CCCCC1S(=O)(=O)NC(=O)NC(C)c1ccccc1. The average molecular weight is 368 g/mol. The molecule has 0 bridgehead atoms. The van der Waals surface area contributed by atoms with Gasteiger partial charge in [0.1, 0.15) is 0 Å². The molecule has 0 heterocycles. The van der Waals surface area contributed by atoms with Crippen LogP contribution in [0, 0.1) is 5.92 Å². The van der Waals surface area contributed by atoms with Crippen molar-refractivity contribution in [3.05, 3.63) is 35.9 Å². The zero-order valence-electron chi connectivity index (χ0n) is 14.4. The molecule has 1 fully saturated rings. The fourth-order valence-corrected chi connectivity index (χ4v) is 4.77. The van der Waals surface area contributed by atoms with Crippen molar-refractivity contribution in [3.8, 4) is 0 Å². The van der Waals surface area contributed by atoms with Gasteiger partial charge < -0.3 is 10.1 Å². The molecular formula is C17H24N2O5S. The largest absolute Gasteiger partial charge is 0.469 e. The third kappa shape index (κ3) is 4.94. The summed E-state index contributed by atoms with van der Waals surface area (Å²) in [5.74, 6) is -1.29. The number of urea groups is 1. The van der Waals surface area contributed by atoms with Crippen molar-refractivity contribution < 1.29 is 22.7 Å². The normalized spacial score (nSPS) is 21.8. The summed E-state index contributed by atoms with van der Waals surface area (Å²) in [7, 11) is -2.74. The number of amides is 2. The van der Waals surface area contributed by atoms with Crippen LogP contribution in [0.4, 0.5) is 4.79 Å². The molecule has 3 atom stereocenters. The molecule has 1 aromatic rings. The van der Waals surface area contributed by atoms with Crippen molar-refractivity contribution in [1.82, 2.24) is 10.0 Å². The van der Waals surface area contributed by atoms with E-state index in [-0.39, 0.29) is 6.04 Å². The quantitative estimate of drug-likeness (QED) is 0.775. The Bertz CT molecular complexity index is 705. The fourth-order valence-electron chi connectivity index (χ4n) is 3.15. The Balaban J connectivity index is 2.03. The Hall–Kier alpha value is -2.09. The lowest BCUT2D eigenvalue weighted by molar-refractivity contribution is -0.146. The highest BCUT2D eigenvalue weighted by atomic mass is 32.2. The van der Waals surface area contributed by atoms with Crippen molar-refractivity contribution in [2.75, 3.05) is 7.11 Å². The molecule has 0 aliphatic heterocycles. The van der Waals surface area contributed by atoms with Gasteiger partial charge in [0.2, 0.25) is 10.0 Å². The Morgan fingerprint density at radius 3 is 2.44 bits per heavy atom. The molecule has 1 aliphatic rings. The van der Waals surface area contributed by atoms with Gasteiger partial charge in [-0.15, -0.1) is 0 Å². The number of ether oxygens (including phenoxy) is 1. The highest BCUT2D eigenvalue weighted by Gasteiger charge is 2.41. The third-order valence-electron chi connectivity index (χ3n) is 4.49. The number of sulfonamides is 1. The van der Waals surface area contributed by atoms with Crippen LogP contribution in [0.5, 0.6) is 0 Å². The minimum atomic E-state index is -3.98. The number of benzene rings is 1. The minimum absolute atomic E-state index is 0.330. The van der Waals surface area contributed by atoms with Crippen molar-refractivity contribution in [3.63, 3.8) is 0 Å². The number of carbonyl (C=O) groups is 2. The second-order valence-electron chi connectivity index (χ2n) is 6.21. The topological polar surface area (TPSA) is 102 Å². The molecule has 2 amide bonds. The minimum Gasteiger partial charge on any atom is -0.469 e. The lowest BCUT2D eigenvalue weighted by atomic mass is 9.89. The molecular weight excluding hydrogens is 344 g/mol. The molecule has 7 nitrogen and oxygen atoms in total. The van der Waals surface area contributed by atoms with Gasteiger partial charge >= 0.3 is 12.0 Å². The number of nitrogens with one attached hydrogen (secondary N) is 2. The van der Waals surface area contributed by atoms with Gasteiger partial charge in [0.05, 0.1) is 24.3 Å². The molecule has 0 spiro atoms.